The van der Waals surface area contributed by atoms with Crippen molar-refractivity contribution in [1.29, 1.82) is 0 Å². The minimum absolute atomic E-state index is 0.0115. The number of fused-ring (bicyclic) bond motifs is 1. The van der Waals surface area contributed by atoms with Gasteiger partial charge in [0, 0.05) is 165 Å². The fraction of sp³-hybridized carbons (Fsp3) is 0.214. The molecule has 0 unspecified atom stereocenters. The van der Waals surface area contributed by atoms with E-state index in [9.17, 15) is 59.3 Å². The standard InChI is InChI=1S/C27H31N4O2P.C21H22F3N4O3PS.C19H21N4OP.C18H18N5O3P.C18H20N5OP/c1-5-15-34(33,16-6-2)22-13-11-21(12-14-22)29-27-28-18-20-17-24(23-10-8-7-9-19(23)3)26(32)31(4)25(20)30-27;1-32(2,29)16-9-7-15(8-10-16)27-20-26-13-18(21(22,23)24)19(28-20)25-12-14-5-4-6-17(11-14)33(3,30)31;1-13-4-7-15(20)12-18(13)23-19-21-11-10-17(22-19)14-5-8-16(9-6-14)25(2,3)24;1-12-4-6-14(23(24)25)10-16(12)22-18-19-9-8-15(21-18)13-5-7-17(20-11-13)27(2,3)26;1-12-4-6-14(19)10-16(12)23-18-20-9-8-15(22-18)13-5-7-17(21-11-13)25(2,3)24/h7-14,17-18H,5-6,15-16H2,1-4H3,(H,28,29,30);4-11,13H,12H2,1-3H3,(H2,25,26,27,28);4-12H,20H2,1-3H3,(H,21,22,23);4-11H,1-3H3,(H,19,21,22);4-11H,19H2,1-3H3,(H,20,22,23). The summed E-state index contributed by atoms with van der Waals surface area (Å²) < 4.78 is 127. The Labute approximate surface area is 833 Å². The molecule has 10 N–H and O–H groups in total. The van der Waals surface area contributed by atoms with Crippen LogP contribution in [-0.4, -0.2) is 150 Å². The van der Waals surface area contributed by atoms with E-state index in [1.54, 1.807) is 157 Å². The number of sulfone groups is 1. The van der Waals surface area contributed by atoms with Crippen molar-refractivity contribution in [1.82, 2.24) is 64.4 Å². The van der Waals surface area contributed by atoms with E-state index >= 15 is 0 Å². The van der Waals surface area contributed by atoms with E-state index in [4.69, 9.17) is 11.5 Å². The largest absolute Gasteiger partial charge is 0.421 e. The zero-order valence-electron chi connectivity index (χ0n) is 82.2. The molecule has 0 aliphatic carbocycles. The van der Waals surface area contributed by atoms with Crippen molar-refractivity contribution in [2.75, 3.05) is 115 Å². The fourth-order valence-electron chi connectivity index (χ4n) is 14.5. The minimum Gasteiger partial charge on any atom is -0.399 e. The van der Waals surface area contributed by atoms with Gasteiger partial charge in [-0.1, -0.05) is 92.7 Å². The molecule has 144 heavy (non-hydrogen) atoms. The number of nitrogens with one attached hydrogen (secondary N) is 6. The fourth-order valence-corrected chi connectivity index (χ4v) is 21.4. The molecule has 0 fully saturated rings. The van der Waals surface area contributed by atoms with Crippen molar-refractivity contribution in [3.63, 3.8) is 0 Å². The monoisotopic (exact) mass is 2060 g/mol. The molecule has 8 aromatic heterocycles. The number of non-ortho nitro benzene ring substituents is 1. The average Bonchev–Trinajstić information content (AvgIpc) is 0.768. The summed E-state index contributed by atoms with van der Waals surface area (Å²) >= 11 is 0. The first-order valence-electron chi connectivity index (χ1n) is 45.2. The Morgan fingerprint density at radius 3 is 1.32 bits per heavy atom. The Hall–Kier alpha value is -14.6. The van der Waals surface area contributed by atoms with Crippen LogP contribution in [0.15, 0.2) is 278 Å². The van der Waals surface area contributed by atoms with Gasteiger partial charge < -0.3 is 66.2 Å². The average molecular weight is 2060 g/mol. The van der Waals surface area contributed by atoms with Crippen molar-refractivity contribution in [3.8, 4) is 44.9 Å². The maximum absolute atomic E-state index is 13.5. The highest BCUT2D eigenvalue weighted by Crippen LogP contribution is 2.47. The smallest absolute Gasteiger partial charge is 0.399 e. The molecule has 8 aromatic carbocycles. The number of hydrogen-bond acceptors (Lipinski definition) is 30. The van der Waals surface area contributed by atoms with Crippen molar-refractivity contribution in [3.05, 3.63) is 322 Å². The molecule has 746 valence electrons. The number of nitro benzene ring substituents is 1. The molecule has 41 heteroatoms. The number of rotatable bonds is 28. The normalized spacial score (nSPS) is 11.6. The molecule has 0 radical (unpaired) electrons. The molecular formula is C103H112F3N22O10P5S. The number of aryl methyl sites for hydroxylation is 5. The van der Waals surface area contributed by atoms with Crippen LogP contribution in [0.1, 0.15) is 60.1 Å². The first-order chi connectivity index (χ1) is 68.0. The van der Waals surface area contributed by atoms with Gasteiger partial charge in [-0.3, -0.25) is 29.4 Å². The summed E-state index contributed by atoms with van der Waals surface area (Å²) in [6.07, 6.45) is 10.4. The topological polar surface area (TPSA) is 464 Å². The Morgan fingerprint density at radius 1 is 0.438 bits per heavy atom. The molecule has 16 rings (SSSR count). The molecule has 8 heterocycles. The van der Waals surface area contributed by atoms with Gasteiger partial charge in [0.25, 0.3) is 11.2 Å². The van der Waals surface area contributed by atoms with Gasteiger partial charge in [0.05, 0.1) is 43.5 Å². The molecule has 16 aromatic rings. The Bertz CT molecular complexity index is 7630. The number of benzene rings is 8. The number of pyridine rings is 3. The van der Waals surface area contributed by atoms with Gasteiger partial charge in [0.2, 0.25) is 29.7 Å². The number of nitrogens with zero attached hydrogens (tertiary/aromatic N) is 14. The molecule has 0 spiro atoms. The van der Waals surface area contributed by atoms with Crippen molar-refractivity contribution in [2.45, 2.75) is 72.0 Å². The summed E-state index contributed by atoms with van der Waals surface area (Å²) in [6.45, 7) is 25.4. The maximum atomic E-state index is 13.5. The number of nitrogens with two attached hydrogens (primary N) is 2. The number of nitrogen functional groups attached to an aromatic ring is 2. The predicted molar refractivity (Wildman–Crippen MR) is 579 cm³/mol. The van der Waals surface area contributed by atoms with Crippen molar-refractivity contribution in [2.24, 2.45) is 7.05 Å². The first-order valence-corrected chi connectivity index (χ1v) is 59.6. The summed E-state index contributed by atoms with van der Waals surface area (Å²) in [5, 5.41) is 32.3. The number of hydrogen-bond donors (Lipinski definition) is 8. The van der Waals surface area contributed by atoms with Crippen LogP contribution >= 0.6 is 35.7 Å². The van der Waals surface area contributed by atoms with Gasteiger partial charge in [-0.2, -0.15) is 23.1 Å². The quantitative estimate of drug-likeness (QED) is 0.00977. The van der Waals surface area contributed by atoms with Gasteiger partial charge in [-0.15, -0.1) is 0 Å². The SMILES string of the molecule is CCCP(=O)(CCC)c1ccc(Nc2ncc3cc(-c4ccccc4C)c(=O)n(C)c3n2)cc1.CP(C)(=O)c1ccc(Nc2ncc(C(F)(F)F)c(NCc3cccc(S(C)(=O)=O)c3)n2)cc1.Cc1ccc(N)cc1Nc1nccc(-c2ccc(P(C)(C)=O)cc2)n1.Cc1ccc(N)cc1Nc1nccc(-c2ccc(P(C)(C)=O)nc2)n1.Cc1ccc([N+](=O)[O-])cc1Nc1nccc(-c2ccc(P(C)(C)=O)nc2)n1. The lowest BCUT2D eigenvalue weighted by atomic mass is 10.0. The second-order valence-corrected chi connectivity index (χ2v) is 53.4. The Balaban J connectivity index is 0.000000161. The van der Waals surface area contributed by atoms with Crippen LogP contribution in [-0.2, 0) is 52.4 Å². The molecule has 0 saturated carbocycles. The predicted octanol–water partition coefficient (Wildman–Crippen LogP) is 21.6. The molecule has 0 aliphatic heterocycles. The van der Waals surface area contributed by atoms with E-state index in [1.807, 2.05) is 167 Å². The maximum Gasteiger partial charge on any atom is 0.421 e. The Morgan fingerprint density at radius 2 is 0.875 bits per heavy atom. The molecule has 0 aliphatic rings. The number of halogens is 3. The van der Waals surface area contributed by atoms with E-state index in [1.165, 1.54) is 30.3 Å². The number of anilines is 13. The van der Waals surface area contributed by atoms with Gasteiger partial charge >= 0.3 is 6.18 Å². The van der Waals surface area contributed by atoms with Crippen LogP contribution in [0.25, 0.3) is 55.9 Å². The number of aromatic nitrogens is 13. The molecule has 0 amide bonds. The lowest BCUT2D eigenvalue weighted by Crippen LogP contribution is -2.20. The third-order valence-corrected chi connectivity index (χ3v) is 32.9. The Kier molecular flexibility index (Phi) is 35.0. The van der Waals surface area contributed by atoms with E-state index in [0.717, 1.165) is 120 Å². The summed E-state index contributed by atoms with van der Waals surface area (Å²) in [5.41, 5.74) is 28.0. The van der Waals surface area contributed by atoms with Gasteiger partial charge in [-0.25, -0.2) is 48.3 Å². The van der Waals surface area contributed by atoms with E-state index in [2.05, 4.69) is 106 Å². The first kappa shape index (κ1) is 108. The van der Waals surface area contributed by atoms with Crippen molar-refractivity contribution >= 4 is 164 Å². The summed E-state index contributed by atoms with van der Waals surface area (Å²) in [4.78, 5) is 75.3. The van der Waals surface area contributed by atoms with Crippen LogP contribution in [0.2, 0.25) is 0 Å². The summed E-state index contributed by atoms with van der Waals surface area (Å²) in [7, 11) is -13.5. The lowest BCUT2D eigenvalue weighted by Gasteiger charge is -2.18. The van der Waals surface area contributed by atoms with Gasteiger partial charge in [0.15, 0.2) is 9.84 Å². The number of alkyl halides is 3. The molecule has 0 saturated heterocycles. The minimum atomic E-state index is -4.69. The molecule has 0 bridgehead atoms. The highest BCUT2D eigenvalue weighted by molar-refractivity contribution is 7.90. The van der Waals surface area contributed by atoms with Gasteiger partial charge in [-0.05, 0) is 261 Å². The molecule has 32 nitrogen and oxygen atoms in total. The number of nitro groups is 1. The zero-order chi connectivity index (χ0) is 104. The van der Waals surface area contributed by atoms with Crippen molar-refractivity contribution < 1.29 is 49.3 Å². The highest BCUT2D eigenvalue weighted by Gasteiger charge is 2.36. The summed E-state index contributed by atoms with van der Waals surface area (Å²) in [5.74, 6) is 1.19. The third-order valence-electron chi connectivity index (χ3n) is 22.4. The van der Waals surface area contributed by atoms with Crippen LogP contribution in [0, 0.1) is 37.8 Å². The molecule has 0 atom stereocenters. The molecular weight excluding hydrogens is 1950 g/mol. The van der Waals surface area contributed by atoms with Crippen LogP contribution in [0.4, 0.5) is 94.2 Å². The zero-order valence-corrected chi connectivity index (χ0v) is 87.5. The second-order valence-electron chi connectivity index (χ2n) is 35.5. The van der Waals surface area contributed by atoms with E-state index in [0.29, 0.717) is 91.4 Å². The lowest BCUT2D eigenvalue weighted by molar-refractivity contribution is -0.384. The third kappa shape index (κ3) is 29.5. The van der Waals surface area contributed by atoms with E-state index < -0.39 is 68.0 Å². The van der Waals surface area contributed by atoms with Crippen LogP contribution in [0.5, 0.6) is 0 Å². The summed E-state index contributed by atoms with van der Waals surface area (Å²) in [6, 6.07) is 66.1. The van der Waals surface area contributed by atoms with Crippen LogP contribution in [0.3, 0.4) is 0 Å². The second kappa shape index (κ2) is 46.6. The van der Waals surface area contributed by atoms with Gasteiger partial charge in [0.1, 0.15) is 52.7 Å². The highest BCUT2D eigenvalue weighted by atomic mass is 32.2. The van der Waals surface area contributed by atoms with Crippen LogP contribution < -0.4 is 75.7 Å². The van der Waals surface area contributed by atoms with E-state index in [-0.39, 0.29) is 28.6 Å².